The van der Waals surface area contributed by atoms with Crippen LogP contribution in [-0.4, -0.2) is 20.5 Å². The molecule has 3 aromatic rings. The van der Waals surface area contributed by atoms with Crippen molar-refractivity contribution in [2.45, 2.75) is 36.8 Å². The van der Waals surface area contributed by atoms with Crippen LogP contribution in [0.15, 0.2) is 53.9 Å². The van der Waals surface area contributed by atoms with Crippen molar-refractivity contribution in [3.05, 3.63) is 76.6 Å². The Morgan fingerprint density at radius 3 is 2.82 bits per heavy atom. The number of rotatable bonds is 7. The largest absolute Gasteiger partial charge is 0.354 e. The zero-order chi connectivity index (χ0) is 19.7. The number of epoxide rings is 1. The molecule has 2 atom stereocenters. The van der Waals surface area contributed by atoms with Crippen LogP contribution in [0.1, 0.15) is 30.6 Å². The van der Waals surface area contributed by atoms with Crippen LogP contribution in [0.5, 0.6) is 0 Å². The van der Waals surface area contributed by atoms with Crippen molar-refractivity contribution in [3.8, 4) is 0 Å². The van der Waals surface area contributed by atoms with Gasteiger partial charge < -0.3 is 4.74 Å². The Morgan fingerprint density at radius 1 is 1.25 bits per heavy atom. The van der Waals surface area contributed by atoms with E-state index in [1.54, 1.807) is 22.5 Å². The number of benzene rings is 2. The Hall–Kier alpha value is -1.96. The molecule has 1 aliphatic heterocycles. The van der Waals surface area contributed by atoms with Crippen molar-refractivity contribution in [2.75, 3.05) is 5.75 Å². The van der Waals surface area contributed by atoms with E-state index in [1.165, 1.54) is 18.5 Å². The number of halogens is 3. The maximum absolute atomic E-state index is 14.7. The monoisotopic (exact) mass is 421 g/mol. The second-order valence-electron chi connectivity index (χ2n) is 6.58. The first-order valence-corrected chi connectivity index (χ1v) is 10.3. The SMILES string of the molecule is CCCSc1ncnn1C[C@@]1(c2ccc(F)cc2F)O[C@H]1c1ccccc1Cl. The summed E-state index contributed by atoms with van der Waals surface area (Å²) >= 11 is 7.93. The Labute approximate surface area is 170 Å². The zero-order valence-electron chi connectivity index (χ0n) is 15.1. The Morgan fingerprint density at radius 2 is 2.07 bits per heavy atom. The molecule has 8 heteroatoms. The molecule has 0 N–H and O–H groups in total. The first kappa shape index (κ1) is 19.4. The zero-order valence-corrected chi connectivity index (χ0v) is 16.7. The highest BCUT2D eigenvalue weighted by atomic mass is 35.5. The smallest absolute Gasteiger partial charge is 0.186 e. The van der Waals surface area contributed by atoms with Crippen LogP contribution < -0.4 is 0 Å². The summed E-state index contributed by atoms with van der Waals surface area (Å²) in [6.07, 6.45) is 2.00. The fraction of sp³-hybridized carbons (Fsp3) is 0.300. The second kappa shape index (κ2) is 7.81. The van der Waals surface area contributed by atoms with E-state index in [-0.39, 0.29) is 12.1 Å². The Balaban J connectivity index is 1.74. The molecule has 0 spiro atoms. The minimum absolute atomic E-state index is 0.248. The minimum atomic E-state index is -1.03. The molecule has 146 valence electrons. The number of thioether (sulfide) groups is 1. The summed E-state index contributed by atoms with van der Waals surface area (Å²) in [5, 5.41) is 5.56. The first-order chi connectivity index (χ1) is 13.5. The predicted octanol–water partition coefficient (Wildman–Crippen LogP) is 5.38. The van der Waals surface area contributed by atoms with Gasteiger partial charge in [0.25, 0.3) is 0 Å². The lowest BCUT2D eigenvalue weighted by Crippen LogP contribution is -2.22. The first-order valence-electron chi connectivity index (χ1n) is 8.93. The van der Waals surface area contributed by atoms with Crippen molar-refractivity contribution < 1.29 is 13.5 Å². The molecule has 28 heavy (non-hydrogen) atoms. The Bertz CT molecular complexity index is 999. The average molecular weight is 422 g/mol. The standard InChI is InChI=1S/C20H18ClF2N3OS/c1-2-9-28-19-24-12-25-26(19)11-20(15-8-7-13(22)10-17(15)23)18(27-20)14-5-3-4-6-16(14)21/h3-8,10,12,18H,2,9,11H2,1H3/t18-,20-/m0/s1. The van der Waals surface area contributed by atoms with E-state index in [1.807, 2.05) is 18.2 Å². The molecule has 0 aliphatic carbocycles. The molecule has 1 fully saturated rings. The molecule has 4 nitrogen and oxygen atoms in total. The van der Waals surface area contributed by atoms with Gasteiger partial charge >= 0.3 is 0 Å². The van der Waals surface area contributed by atoms with Crippen LogP contribution in [0.3, 0.4) is 0 Å². The van der Waals surface area contributed by atoms with Gasteiger partial charge in [-0.1, -0.05) is 54.6 Å². The minimum Gasteiger partial charge on any atom is -0.354 e. The van der Waals surface area contributed by atoms with Crippen LogP contribution in [0.4, 0.5) is 8.78 Å². The van der Waals surface area contributed by atoms with Crippen molar-refractivity contribution >= 4 is 23.4 Å². The Kier molecular flexibility index (Phi) is 5.40. The van der Waals surface area contributed by atoms with Crippen LogP contribution in [0, 0.1) is 11.6 Å². The molecule has 2 heterocycles. The lowest BCUT2D eigenvalue weighted by Gasteiger charge is -2.16. The van der Waals surface area contributed by atoms with E-state index < -0.39 is 23.3 Å². The van der Waals surface area contributed by atoms with Gasteiger partial charge in [0.1, 0.15) is 29.7 Å². The van der Waals surface area contributed by atoms with Gasteiger partial charge in [0, 0.05) is 28.0 Å². The summed E-state index contributed by atoms with van der Waals surface area (Å²) < 4.78 is 36.0. The number of aromatic nitrogens is 3. The molecule has 0 saturated carbocycles. The van der Waals surface area contributed by atoms with E-state index in [9.17, 15) is 8.78 Å². The maximum atomic E-state index is 14.7. The molecule has 4 rings (SSSR count). The van der Waals surface area contributed by atoms with Crippen molar-refractivity contribution in [1.29, 1.82) is 0 Å². The van der Waals surface area contributed by atoms with E-state index in [2.05, 4.69) is 17.0 Å². The summed E-state index contributed by atoms with van der Waals surface area (Å²) in [6, 6.07) is 10.8. The molecule has 0 unspecified atom stereocenters. The molecular formula is C20H18ClF2N3OS. The van der Waals surface area contributed by atoms with Gasteiger partial charge in [-0.15, -0.1) is 0 Å². The number of ether oxygens (including phenoxy) is 1. The third kappa shape index (κ3) is 3.54. The fourth-order valence-corrected chi connectivity index (χ4v) is 4.31. The van der Waals surface area contributed by atoms with Gasteiger partial charge in [-0.2, -0.15) is 5.10 Å². The van der Waals surface area contributed by atoms with E-state index >= 15 is 0 Å². The molecule has 0 amide bonds. The predicted molar refractivity (Wildman–Crippen MR) is 104 cm³/mol. The van der Waals surface area contributed by atoms with Gasteiger partial charge in [0.05, 0.1) is 6.54 Å². The maximum Gasteiger partial charge on any atom is 0.186 e. The quantitative estimate of drug-likeness (QED) is 0.379. The normalized spacial score (nSPS) is 21.1. The molecular weight excluding hydrogens is 404 g/mol. The van der Waals surface area contributed by atoms with E-state index in [0.29, 0.717) is 5.02 Å². The van der Waals surface area contributed by atoms with Crippen LogP contribution in [0.2, 0.25) is 5.02 Å². The van der Waals surface area contributed by atoms with Crippen LogP contribution in [-0.2, 0) is 16.9 Å². The number of hydrogen-bond acceptors (Lipinski definition) is 4. The summed E-state index contributed by atoms with van der Waals surface area (Å²) in [7, 11) is 0. The van der Waals surface area contributed by atoms with Gasteiger partial charge in [0.2, 0.25) is 0 Å². The molecule has 2 aromatic carbocycles. The molecule has 1 aliphatic rings. The lowest BCUT2D eigenvalue weighted by atomic mass is 9.91. The highest BCUT2D eigenvalue weighted by Gasteiger charge is 2.61. The molecule has 0 radical (unpaired) electrons. The van der Waals surface area contributed by atoms with Gasteiger partial charge in [-0.05, 0) is 18.6 Å². The number of nitrogens with zero attached hydrogens (tertiary/aromatic N) is 3. The fourth-order valence-electron chi connectivity index (χ4n) is 3.31. The van der Waals surface area contributed by atoms with Crippen molar-refractivity contribution in [3.63, 3.8) is 0 Å². The van der Waals surface area contributed by atoms with Gasteiger partial charge in [-0.3, -0.25) is 0 Å². The summed E-state index contributed by atoms with van der Waals surface area (Å²) in [4.78, 5) is 4.29. The van der Waals surface area contributed by atoms with Gasteiger partial charge in [0.15, 0.2) is 5.16 Å². The lowest BCUT2D eigenvalue weighted by molar-refractivity contribution is 0.250. The van der Waals surface area contributed by atoms with Crippen LogP contribution >= 0.6 is 23.4 Å². The highest BCUT2D eigenvalue weighted by Crippen LogP contribution is 2.59. The average Bonchev–Trinajstić information content (AvgIpc) is 3.21. The second-order valence-corrected chi connectivity index (χ2v) is 8.05. The van der Waals surface area contributed by atoms with Crippen molar-refractivity contribution in [1.82, 2.24) is 14.8 Å². The number of hydrogen-bond donors (Lipinski definition) is 0. The summed E-state index contributed by atoms with van der Waals surface area (Å²) in [5.74, 6) is -0.394. The van der Waals surface area contributed by atoms with E-state index in [0.717, 1.165) is 29.0 Å². The molecule has 0 bridgehead atoms. The van der Waals surface area contributed by atoms with E-state index in [4.69, 9.17) is 16.3 Å². The third-order valence-corrected chi connectivity index (χ3v) is 6.20. The summed E-state index contributed by atoms with van der Waals surface area (Å²) in [5.41, 5.74) is 0.00869. The highest BCUT2D eigenvalue weighted by molar-refractivity contribution is 7.99. The molecule has 1 aromatic heterocycles. The molecule has 1 saturated heterocycles. The van der Waals surface area contributed by atoms with Crippen molar-refractivity contribution in [2.24, 2.45) is 0 Å². The van der Waals surface area contributed by atoms with Crippen LogP contribution in [0.25, 0.3) is 0 Å². The third-order valence-electron chi connectivity index (χ3n) is 4.67. The topological polar surface area (TPSA) is 43.2 Å². The summed E-state index contributed by atoms with van der Waals surface area (Å²) in [6.45, 7) is 2.33. The van der Waals surface area contributed by atoms with Gasteiger partial charge in [-0.25, -0.2) is 18.4 Å².